The van der Waals surface area contributed by atoms with Gasteiger partial charge in [0.25, 0.3) is 10.1 Å². The molecule has 0 saturated carbocycles. The van der Waals surface area contributed by atoms with Crippen LogP contribution in [-0.4, -0.2) is 70.3 Å². The summed E-state index contributed by atoms with van der Waals surface area (Å²) in [7, 11) is -4.21. The van der Waals surface area contributed by atoms with Crippen molar-refractivity contribution in [1.82, 2.24) is 29.9 Å². The van der Waals surface area contributed by atoms with Gasteiger partial charge in [0, 0.05) is 37.2 Å². The molecular weight excluding hydrogens is 668 g/mol. The molecule has 6 heterocycles. The average Bonchev–Trinajstić information content (AvgIpc) is 3.13. The molecule has 0 amide bonds. The van der Waals surface area contributed by atoms with Gasteiger partial charge in [0.2, 0.25) is 0 Å². The Labute approximate surface area is 285 Å². The van der Waals surface area contributed by atoms with E-state index < -0.39 is 22.1 Å². The second kappa shape index (κ2) is 17.2. The summed E-state index contributed by atoms with van der Waals surface area (Å²) in [4.78, 5) is 49.9. The van der Waals surface area contributed by atoms with Crippen molar-refractivity contribution in [2.45, 2.75) is 18.4 Å². The molecule has 6 aromatic rings. The molecule has 0 bridgehead atoms. The smallest absolute Gasteiger partial charge is 0.335 e. The third kappa shape index (κ3) is 10.6. The minimum Gasteiger partial charge on any atom is -0.478 e. The number of pyridine rings is 6. The van der Waals surface area contributed by atoms with Gasteiger partial charge in [-0.25, -0.2) is 14.5 Å². The fourth-order valence-electron chi connectivity index (χ4n) is 4.09. The summed E-state index contributed by atoms with van der Waals surface area (Å²) in [5.41, 5.74) is 5.24. The highest BCUT2D eigenvalue weighted by atomic mass is 32.2. The number of carbonyl (C=O) groups is 2. The van der Waals surface area contributed by atoms with Gasteiger partial charge in [-0.1, -0.05) is 6.07 Å². The van der Waals surface area contributed by atoms with Crippen molar-refractivity contribution in [2.75, 3.05) is 0 Å². The maximum absolute atomic E-state index is 11.0. The molecule has 0 aromatic carbocycles. The van der Waals surface area contributed by atoms with Crippen LogP contribution in [0, 0.1) is 6.92 Å². The van der Waals surface area contributed by atoms with Crippen LogP contribution in [0.2, 0.25) is 0 Å². The highest BCUT2D eigenvalue weighted by molar-refractivity contribution is 7.85. The van der Waals surface area contributed by atoms with Crippen molar-refractivity contribution in [2.24, 2.45) is 0 Å². The summed E-state index contributed by atoms with van der Waals surface area (Å²) in [6, 6.07) is 20.7. The van der Waals surface area contributed by atoms with E-state index in [1.165, 1.54) is 55.0 Å². The van der Waals surface area contributed by atoms with E-state index in [9.17, 15) is 18.0 Å². The van der Waals surface area contributed by atoms with Crippen molar-refractivity contribution in [3.8, 4) is 34.2 Å². The minimum atomic E-state index is -4.21. The molecule has 0 unspecified atom stereocenters. The molecule has 6 aromatic heterocycles. The van der Waals surface area contributed by atoms with E-state index in [0.717, 1.165) is 5.56 Å². The van der Waals surface area contributed by atoms with Crippen LogP contribution in [0.3, 0.4) is 0 Å². The van der Waals surface area contributed by atoms with Crippen LogP contribution in [0.5, 0.6) is 0 Å². The Hall–Kier alpha value is -6.33. The van der Waals surface area contributed by atoms with Crippen molar-refractivity contribution in [1.29, 1.82) is 0 Å². The van der Waals surface area contributed by atoms with Crippen molar-refractivity contribution < 1.29 is 42.9 Å². The summed E-state index contributed by atoms with van der Waals surface area (Å²) in [5.74, 6) is -1.98. The highest BCUT2D eigenvalue weighted by Gasteiger charge is 2.12. The SMILES string of the molecule is Cc1ccnc(-c2cc(S(=O)(=O)O)ccn2)c1.O=C(O)c1ccnc(-c2cc(COO)ccn2)c1.O=C(O)c1ccnc(-c2ccccn2)c1. The van der Waals surface area contributed by atoms with E-state index in [4.69, 9.17) is 20.0 Å². The number of carboxylic acid groups (broad SMARTS) is 2. The number of hydrogen-bond donors (Lipinski definition) is 4. The number of carboxylic acids is 2. The lowest BCUT2D eigenvalue weighted by Crippen LogP contribution is -1.99. The molecule has 0 atom stereocenters. The predicted octanol–water partition coefficient (Wildman–Crippen LogP) is 5.37. The Morgan fingerprint density at radius 2 is 1.08 bits per heavy atom. The van der Waals surface area contributed by atoms with E-state index in [2.05, 4.69) is 34.8 Å². The highest BCUT2D eigenvalue weighted by Crippen LogP contribution is 2.19. The maximum Gasteiger partial charge on any atom is 0.335 e. The summed E-state index contributed by atoms with van der Waals surface area (Å²) in [5, 5.41) is 26.1. The van der Waals surface area contributed by atoms with E-state index in [-0.39, 0.29) is 22.6 Å². The van der Waals surface area contributed by atoms with Gasteiger partial charge in [-0.15, -0.1) is 0 Å². The predicted molar refractivity (Wildman–Crippen MR) is 178 cm³/mol. The molecule has 6 rings (SSSR count). The Balaban J connectivity index is 0.000000169. The van der Waals surface area contributed by atoms with Gasteiger partial charge >= 0.3 is 11.9 Å². The fraction of sp³-hybridized carbons (Fsp3) is 0.0588. The molecule has 0 saturated heterocycles. The van der Waals surface area contributed by atoms with Gasteiger partial charge in [-0.3, -0.25) is 39.7 Å². The molecule has 4 N–H and O–H groups in total. The lowest BCUT2D eigenvalue weighted by Gasteiger charge is -2.03. The molecule has 0 fully saturated rings. The Morgan fingerprint density at radius 1 is 0.600 bits per heavy atom. The lowest BCUT2D eigenvalue weighted by atomic mass is 10.1. The van der Waals surface area contributed by atoms with E-state index in [1.54, 1.807) is 48.9 Å². The fourth-order valence-corrected chi connectivity index (χ4v) is 4.58. The Bertz CT molecular complexity index is 2200. The van der Waals surface area contributed by atoms with Gasteiger partial charge in [-0.05, 0) is 90.8 Å². The quantitative estimate of drug-likeness (QED) is 0.0889. The normalized spacial score (nSPS) is 10.5. The molecule has 50 heavy (non-hydrogen) atoms. The zero-order valence-electron chi connectivity index (χ0n) is 26.1. The number of aryl methyl sites for hydroxylation is 1. The zero-order chi connectivity index (χ0) is 36.1. The molecule has 16 heteroatoms. The molecule has 0 spiro atoms. The topological polar surface area (TPSA) is 236 Å². The van der Waals surface area contributed by atoms with Crippen LogP contribution in [-0.2, 0) is 21.6 Å². The number of nitrogens with zero attached hydrogens (tertiary/aromatic N) is 6. The molecule has 0 radical (unpaired) electrons. The van der Waals surface area contributed by atoms with Crippen LogP contribution < -0.4 is 0 Å². The van der Waals surface area contributed by atoms with Crippen LogP contribution in [0.4, 0.5) is 0 Å². The number of aromatic nitrogens is 6. The standard InChI is InChI=1S/C12H10N2O4.C11H10N2O3S.C11H8N2O2/c15-12(16)9-2-4-14-11(6-9)10-5-8(7-18-17)1-3-13-10;1-8-2-4-12-10(6-8)11-7-9(3-5-13-11)17(14,15)16;14-11(15)8-4-6-13-10(7-8)9-3-1-2-5-12-9/h1-6,17H,7H2,(H,15,16);2-7H,1H3,(H,14,15,16);1-7H,(H,14,15). The first-order valence-corrected chi connectivity index (χ1v) is 15.8. The summed E-state index contributed by atoms with van der Waals surface area (Å²) in [6.45, 7) is 1.94. The van der Waals surface area contributed by atoms with E-state index in [0.29, 0.717) is 39.7 Å². The van der Waals surface area contributed by atoms with E-state index in [1.807, 2.05) is 19.1 Å². The van der Waals surface area contributed by atoms with Gasteiger partial charge in [-0.2, -0.15) is 8.42 Å². The van der Waals surface area contributed by atoms with Crippen LogP contribution >= 0.6 is 0 Å². The Morgan fingerprint density at radius 3 is 1.60 bits per heavy atom. The van der Waals surface area contributed by atoms with E-state index >= 15 is 0 Å². The third-order valence-corrected chi connectivity index (χ3v) is 7.32. The van der Waals surface area contributed by atoms with Crippen LogP contribution in [0.25, 0.3) is 34.2 Å². The first kappa shape index (κ1) is 36.5. The lowest BCUT2D eigenvalue weighted by molar-refractivity contribution is -0.253. The molecule has 0 aliphatic heterocycles. The minimum absolute atomic E-state index is 0.0359. The van der Waals surface area contributed by atoms with Crippen molar-refractivity contribution in [3.63, 3.8) is 0 Å². The number of rotatable bonds is 8. The molecule has 0 aliphatic carbocycles. The third-order valence-electron chi connectivity index (χ3n) is 6.47. The molecule has 15 nitrogen and oxygen atoms in total. The monoisotopic (exact) mass is 696 g/mol. The number of hydrogen-bond acceptors (Lipinski definition) is 12. The second-order valence-electron chi connectivity index (χ2n) is 10.1. The average molecular weight is 697 g/mol. The molecule has 254 valence electrons. The van der Waals surface area contributed by atoms with Gasteiger partial charge in [0.05, 0.1) is 50.2 Å². The molecule has 0 aliphatic rings. The van der Waals surface area contributed by atoms with Gasteiger partial charge < -0.3 is 10.2 Å². The number of aromatic carboxylic acids is 2. The Kier molecular flexibility index (Phi) is 12.5. The van der Waals surface area contributed by atoms with Crippen molar-refractivity contribution >= 4 is 22.1 Å². The molecular formula is C34H28N6O9S. The zero-order valence-corrected chi connectivity index (χ0v) is 26.9. The summed E-state index contributed by atoms with van der Waals surface area (Å²) < 4.78 is 30.9. The van der Waals surface area contributed by atoms with Crippen LogP contribution in [0.15, 0.2) is 121 Å². The van der Waals surface area contributed by atoms with Gasteiger partial charge in [0.1, 0.15) is 6.61 Å². The summed E-state index contributed by atoms with van der Waals surface area (Å²) in [6.07, 6.45) is 9.00. The van der Waals surface area contributed by atoms with Gasteiger partial charge in [0.15, 0.2) is 0 Å². The first-order valence-electron chi connectivity index (χ1n) is 14.3. The first-order chi connectivity index (χ1) is 23.9. The maximum atomic E-state index is 11.0. The summed E-state index contributed by atoms with van der Waals surface area (Å²) >= 11 is 0. The van der Waals surface area contributed by atoms with Crippen molar-refractivity contribution in [3.05, 3.63) is 138 Å². The second-order valence-corrected chi connectivity index (χ2v) is 11.5. The largest absolute Gasteiger partial charge is 0.478 e. The van der Waals surface area contributed by atoms with Crippen LogP contribution in [0.1, 0.15) is 31.8 Å².